The average Bonchev–Trinajstić information content (AvgIpc) is 2.43. The summed E-state index contributed by atoms with van der Waals surface area (Å²) in [4.78, 5) is 0.532. The van der Waals surface area contributed by atoms with E-state index in [1.54, 1.807) is 0 Å². The van der Waals surface area contributed by atoms with E-state index in [2.05, 4.69) is 15.9 Å². The Balaban J connectivity index is 2.29. The molecule has 2 aromatic carbocycles. The maximum absolute atomic E-state index is 13.1. The molecule has 0 saturated carbocycles. The second-order valence-electron chi connectivity index (χ2n) is 4.52. The first-order valence-electron chi connectivity index (χ1n) is 6.02. The minimum absolute atomic E-state index is 0.00460. The zero-order valence-corrected chi connectivity index (χ0v) is 14.2. The summed E-state index contributed by atoms with van der Waals surface area (Å²) < 4.78 is 26.7. The van der Waals surface area contributed by atoms with E-state index < -0.39 is 17.0 Å². The molecular formula is C15H13BrClFOS. The van der Waals surface area contributed by atoms with Gasteiger partial charge in [0.2, 0.25) is 0 Å². The van der Waals surface area contributed by atoms with Gasteiger partial charge in [-0.1, -0.05) is 33.6 Å². The Labute approximate surface area is 134 Å². The number of benzene rings is 2. The average molecular weight is 376 g/mol. The minimum Gasteiger partial charge on any atom is -0.611 e. The second kappa shape index (κ2) is 6.48. The molecule has 0 spiro atoms. The van der Waals surface area contributed by atoms with Crippen LogP contribution in [0, 0.1) is 12.7 Å². The molecule has 0 amide bonds. The highest BCUT2D eigenvalue weighted by Gasteiger charge is 2.23. The van der Waals surface area contributed by atoms with Gasteiger partial charge in [-0.15, -0.1) is 0 Å². The molecule has 5 heteroatoms. The highest BCUT2D eigenvalue weighted by atomic mass is 79.9. The Morgan fingerprint density at radius 3 is 2.55 bits per heavy atom. The van der Waals surface area contributed by atoms with E-state index in [1.165, 1.54) is 18.2 Å². The normalized spacial score (nSPS) is 14.1. The van der Waals surface area contributed by atoms with Gasteiger partial charge in [0.05, 0.1) is 5.02 Å². The molecule has 0 aliphatic rings. The molecule has 0 aliphatic heterocycles. The van der Waals surface area contributed by atoms with Crippen molar-refractivity contribution in [3.05, 3.63) is 62.8 Å². The Morgan fingerprint density at radius 2 is 1.95 bits per heavy atom. The van der Waals surface area contributed by atoms with Gasteiger partial charge < -0.3 is 4.55 Å². The van der Waals surface area contributed by atoms with E-state index in [1.807, 2.05) is 32.0 Å². The first-order chi connectivity index (χ1) is 9.40. The van der Waals surface area contributed by atoms with Crippen LogP contribution in [0.2, 0.25) is 5.02 Å². The molecule has 0 aromatic heterocycles. The summed E-state index contributed by atoms with van der Waals surface area (Å²) in [6.45, 7) is 3.87. The standard InChI is InChI=1S/C15H13BrClFOS/c1-9-7-11(3-5-13(9)16)10(2)20(19)12-4-6-15(18)14(17)8-12/h3-8,10H,1-2H3. The van der Waals surface area contributed by atoms with Gasteiger partial charge in [-0.2, -0.15) is 0 Å². The van der Waals surface area contributed by atoms with Crippen molar-refractivity contribution in [2.75, 3.05) is 0 Å². The van der Waals surface area contributed by atoms with Crippen molar-refractivity contribution in [2.24, 2.45) is 0 Å². The molecule has 20 heavy (non-hydrogen) atoms. The van der Waals surface area contributed by atoms with Crippen LogP contribution in [-0.2, 0) is 11.2 Å². The van der Waals surface area contributed by atoms with Crippen LogP contribution in [0.15, 0.2) is 45.8 Å². The minimum atomic E-state index is -1.28. The zero-order chi connectivity index (χ0) is 14.9. The molecule has 0 aliphatic carbocycles. The summed E-state index contributed by atoms with van der Waals surface area (Å²) in [7, 11) is 0. The molecule has 0 bridgehead atoms. The summed E-state index contributed by atoms with van der Waals surface area (Å²) in [6, 6.07) is 10.1. The van der Waals surface area contributed by atoms with Gasteiger partial charge in [0, 0.05) is 16.1 Å². The Hall–Kier alpha value is -0.550. The SMILES string of the molecule is Cc1cc(C(C)[S+]([O-])c2ccc(F)c(Cl)c2)ccc1Br. The van der Waals surface area contributed by atoms with Gasteiger partial charge in [0.1, 0.15) is 11.1 Å². The van der Waals surface area contributed by atoms with Gasteiger partial charge in [0.25, 0.3) is 0 Å². The van der Waals surface area contributed by atoms with Crippen molar-refractivity contribution < 1.29 is 8.94 Å². The van der Waals surface area contributed by atoms with Crippen molar-refractivity contribution in [1.82, 2.24) is 0 Å². The van der Waals surface area contributed by atoms with Crippen molar-refractivity contribution in [2.45, 2.75) is 24.0 Å². The molecule has 0 radical (unpaired) electrons. The lowest BCUT2D eigenvalue weighted by atomic mass is 10.1. The van der Waals surface area contributed by atoms with Gasteiger partial charge >= 0.3 is 0 Å². The molecule has 2 unspecified atom stereocenters. The third kappa shape index (κ3) is 3.37. The van der Waals surface area contributed by atoms with Crippen molar-refractivity contribution in [1.29, 1.82) is 0 Å². The van der Waals surface area contributed by atoms with E-state index in [9.17, 15) is 8.94 Å². The number of rotatable bonds is 3. The molecule has 0 N–H and O–H groups in total. The second-order valence-corrected chi connectivity index (χ2v) is 7.56. The van der Waals surface area contributed by atoms with Crippen LogP contribution in [0.3, 0.4) is 0 Å². The summed E-state index contributed by atoms with van der Waals surface area (Å²) in [5.74, 6) is -0.500. The maximum atomic E-state index is 13.1. The van der Waals surface area contributed by atoms with Crippen molar-refractivity contribution in [3.63, 3.8) is 0 Å². The predicted molar refractivity (Wildman–Crippen MR) is 85.1 cm³/mol. The van der Waals surface area contributed by atoms with Crippen LogP contribution >= 0.6 is 27.5 Å². The summed E-state index contributed by atoms with van der Waals surface area (Å²) in [5, 5.41) is -0.196. The number of hydrogen-bond acceptors (Lipinski definition) is 1. The van der Waals surface area contributed by atoms with Crippen molar-refractivity contribution >= 4 is 38.7 Å². The monoisotopic (exact) mass is 374 g/mol. The Morgan fingerprint density at radius 1 is 1.25 bits per heavy atom. The molecule has 0 heterocycles. The fourth-order valence-electron chi connectivity index (χ4n) is 1.85. The fraction of sp³-hybridized carbons (Fsp3) is 0.200. The van der Waals surface area contributed by atoms with E-state index in [0.717, 1.165) is 15.6 Å². The van der Waals surface area contributed by atoms with Gasteiger partial charge in [-0.3, -0.25) is 0 Å². The van der Waals surface area contributed by atoms with Crippen LogP contribution in [0.25, 0.3) is 0 Å². The van der Waals surface area contributed by atoms with E-state index in [0.29, 0.717) is 4.90 Å². The predicted octanol–water partition coefficient (Wildman–Crippen LogP) is 5.42. The highest BCUT2D eigenvalue weighted by molar-refractivity contribution is 9.10. The molecule has 0 fully saturated rings. The maximum Gasteiger partial charge on any atom is 0.154 e. The highest BCUT2D eigenvalue weighted by Crippen LogP contribution is 2.32. The summed E-state index contributed by atoms with van der Waals surface area (Å²) in [6.07, 6.45) is 0. The van der Waals surface area contributed by atoms with Gasteiger partial charge in [-0.25, -0.2) is 4.39 Å². The van der Waals surface area contributed by atoms with Gasteiger partial charge in [-0.05, 0) is 54.9 Å². The van der Waals surface area contributed by atoms with E-state index in [4.69, 9.17) is 11.6 Å². The lowest BCUT2D eigenvalue weighted by Crippen LogP contribution is -2.11. The van der Waals surface area contributed by atoms with Crippen LogP contribution in [0.4, 0.5) is 4.39 Å². The molecule has 2 aromatic rings. The van der Waals surface area contributed by atoms with Gasteiger partial charge in [0.15, 0.2) is 4.90 Å². The van der Waals surface area contributed by atoms with Crippen LogP contribution in [-0.4, -0.2) is 4.55 Å². The number of halogens is 3. The molecule has 2 rings (SSSR count). The molecule has 2 atom stereocenters. The summed E-state index contributed by atoms with van der Waals surface area (Å²) >= 11 is 7.90. The van der Waals surface area contributed by atoms with Crippen LogP contribution in [0.5, 0.6) is 0 Å². The molecule has 1 nitrogen and oxygen atoms in total. The van der Waals surface area contributed by atoms with Crippen LogP contribution in [0.1, 0.15) is 23.3 Å². The number of aryl methyl sites for hydroxylation is 1. The third-order valence-electron chi connectivity index (χ3n) is 3.10. The lowest BCUT2D eigenvalue weighted by molar-refractivity contribution is 0.584. The lowest BCUT2D eigenvalue weighted by Gasteiger charge is -2.19. The van der Waals surface area contributed by atoms with E-state index >= 15 is 0 Å². The smallest absolute Gasteiger partial charge is 0.154 e. The molecule has 0 saturated heterocycles. The van der Waals surface area contributed by atoms with Crippen LogP contribution < -0.4 is 0 Å². The summed E-state index contributed by atoms with van der Waals surface area (Å²) in [5.41, 5.74) is 2.06. The Bertz CT molecular complexity index is 580. The topological polar surface area (TPSA) is 23.1 Å². The molecular weight excluding hydrogens is 363 g/mol. The number of hydrogen-bond donors (Lipinski definition) is 0. The van der Waals surface area contributed by atoms with E-state index in [-0.39, 0.29) is 10.3 Å². The van der Waals surface area contributed by atoms with Crippen molar-refractivity contribution in [3.8, 4) is 0 Å². The zero-order valence-electron chi connectivity index (χ0n) is 11.0. The quantitative estimate of drug-likeness (QED) is 0.657. The molecule has 106 valence electrons. The fourth-order valence-corrected chi connectivity index (χ4v) is 3.58. The third-order valence-corrected chi connectivity index (χ3v) is 5.91. The first-order valence-corrected chi connectivity index (χ1v) is 8.40. The largest absolute Gasteiger partial charge is 0.611 e. The Kier molecular flexibility index (Phi) is 5.13. The first kappa shape index (κ1) is 15.8.